The molecule has 0 saturated heterocycles. The van der Waals surface area contributed by atoms with Gasteiger partial charge in [0.15, 0.2) is 0 Å². The maximum atomic E-state index is 6.73. The fourth-order valence-electron chi connectivity index (χ4n) is 4.73. The van der Waals surface area contributed by atoms with Crippen LogP contribution in [-0.2, 0) is 30.2 Å². The van der Waals surface area contributed by atoms with Crippen LogP contribution >= 0.6 is 17.0 Å². The monoisotopic (exact) mass is 547 g/mol. The van der Waals surface area contributed by atoms with Crippen LogP contribution in [0.1, 0.15) is 113 Å². The second kappa shape index (κ2) is 9.72. The van der Waals surface area contributed by atoms with Crippen molar-refractivity contribution in [1.29, 1.82) is 0 Å². The summed E-state index contributed by atoms with van der Waals surface area (Å²) in [5.41, 5.74) is 11.3. The second-order valence-corrected chi connectivity index (χ2v) is 20.5. The zero-order valence-corrected chi connectivity index (χ0v) is 25.3. The van der Waals surface area contributed by atoms with Crippen LogP contribution in [0.3, 0.4) is 0 Å². The van der Waals surface area contributed by atoms with E-state index in [0.29, 0.717) is 5.92 Å². The van der Waals surface area contributed by atoms with E-state index in [1.165, 1.54) is 44.5 Å². The molecule has 3 heteroatoms. The first kappa shape index (κ1) is 26.3. The van der Waals surface area contributed by atoms with Gasteiger partial charge in [0.25, 0.3) is 0 Å². The zero-order valence-electron chi connectivity index (χ0n) is 21.3. The van der Waals surface area contributed by atoms with E-state index in [1.807, 2.05) is 0 Å². The first-order chi connectivity index (χ1) is 14.8. The van der Waals surface area contributed by atoms with Crippen molar-refractivity contribution in [2.24, 2.45) is 0 Å². The van der Waals surface area contributed by atoms with Gasteiger partial charge in [0.1, 0.15) is 0 Å². The van der Waals surface area contributed by atoms with E-state index >= 15 is 0 Å². The summed E-state index contributed by atoms with van der Waals surface area (Å²) in [4.78, 5) is 0. The summed E-state index contributed by atoms with van der Waals surface area (Å²) in [6, 6.07) is 11.9. The molecule has 0 spiro atoms. The van der Waals surface area contributed by atoms with Gasteiger partial charge in [-0.05, 0) is 0 Å². The van der Waals surface area contributed by atoms with E-state index in [-0.39, 0.29) is 14.5 Å². The van der Waals surface area contributed by atoms with Crippen molar-refractivity contribution in [3.8, 4) is 11.1 Å². The predicted octanol–water partition coefficient (Wildman–Crippen LogP) is 10.2. The van der Waals surface area contributed by atoms with Crippen molar-refractivity contribution >= 4 is 23.1 Å². The number of hydrogen-bond acceptors (Lipinski definition) is 0. The molecule has 2 aromatic rings. The standard InChI is InChI=1S/C29H39.2ClH.Zr/c1-10-11-20-14-21-12-13-25(19(2)3)27(26(21)15-20)22-16-23(28(4,5)6)18-24(17-22)29(7,8)9;;;/h12-19H,10-11H2,1-9H3;2*1H;/q;;;+2/p-2. The number of benzene rings is 2. The average Bonchev–Trinajstić information content (AvgIpc) is 3.03. The van der Waals surface area contributed by atoms with Gasteiger partial charge in [-0.15, -0.1) is 0 Å². The van der Waals surface area contributed by atoms with Crippen LogP contribution in [-0.4, -0.2) is 0 Å². The Bertz CT molecular complexity index is 984. The molecule has 173 valence electrons. The quantitative estimate of drug-likeness (QED) is 0.348. The maximum absolute atomic E-state index is 6.73. The molecule has 1 unspecified atom stereocenters. The Kier molecular flexibility index (Phi) is 7.97. The fraction of sp³-hybridized carbons (Fsp3) is 0.517. The SMILES string of the molecule is CCCC1=Cc2c(ccc(C(C)C)c2-c2cc(C(C)(C)C)cc(C(C)(C)C)c2)[CH]1[Zr]([Cl])[Cl]. The van der Waals surface area contributed by atoms with Crippen LogP contribution in [0.15, 0.2) is 35.9 Å². The van der Waals surface area contributed by atoms with E-state index < -0.39 is 19.4 Å². The fourth-order valence-corrected chi connectivity index (χ4v) is 10.2. The minimum atomic E-state index is -2.51. The Hall–Kier alpha value is -0.357. The molecule has 0 N–H and O–H groups in total. The van der Waals surface area contributed by atoms with E-state index in [0.717, 1.165) is 12.8 Å². The first-order valence-electron chi connectivity index (χ1n) is 12.0. The van der Waals surface area contributed by atoms with Crippen LogP contribution in [0.5, 0.6) is 0 Å². The topological polar surface area (TPSA) is 0 Å². The van der Waals surface area contributed by atoms with Gasteiger partial charge in [-0.1, -0.05) is 0 Å². The summed E-state index contributed by atoms with van der Waals surface area (Å²) in [5.74, 6) is 0.443. The first-order valence-corrected chi connectivity index (χ1v) is 19.7. The molecule has 32 heavy (non-hydrogen) atoms. The molecule has 0 heterocycles. The normalized spacial score (nSPS) is 16.4. The van der Waals surface area contributed by atoms with Gasteiger partial charge < -0.3 is 0 Å². The van der Waals surface area contributed by atoms with Gasteiger partial charge >= 0.3 is 213 Å². The molecule has 1 atom stereocenters. The summed E-state index contributed by atoms with van der Waals surface area (Å²) in [7, 11) is 13.5. The van der Waals surface area contributed by atoms with Crippen molar-refractivity contribution in [2.75, 3.05) is 0 Å². The molecule has 3 rings (SSSR count). The Labute approximate surface area is 211 Å². The van der Waals surface area contributed by atoms with Crippen LogP contribution in [0.4, 0.5) is 0 Å². The van der Waals surface area contributed by atoms with E-state index in [1.54, 1.807) is 0 Å². The number of halogens is 2. The molecule has 0 fully saturated rings. The molecule has 0 amide bonds. The number of fused-ring (bicyclic) bond motifs is 1. The number of hydrogen-bond donors (Lipinski definition) is 0. The third kappa shape index (κ3) is 5.32. The van der Waals surface area contributed by atoms with E-state index in [4.69, 9.17) is 17.0 Å². The molecule has 0 aliphatic heterocycles. The summed E-state index contributed by atoms with van der Waals surface area (Å²) < 4.78 is 0.281. The summed E-state index contributed by atoms with van der Waals surface area (Å²) in [6.45, 7) is 20.7. The van der Waals surface area contributed by atoms with Crippen molar-refractivity contribution < 1.29 is 19.4 Å². The van der Waals surface area contributed by atoms with Crippen LogP contribution in [0.25, 0.3) is 17.2 Å². The van der Waals surface area contributed by atoms with Gasteiger partial charge in [0, 0.05) is 0 Å². The zero-order chi connectivity index (χ0) is 24.0. The molecule has 0 nitrogen and oxygen atoms in total. The predicted molar refractivity (Wildman–Crippen MR) is 141 cm³/mol. The Morgan fingerprint density at radius 2 is 1.47 bits per heavy atom. The van der Waals surface area contributed by atoms with E-state index in [2.05, 4.69) is 98.7 Å². The third-order valence-electron chi connectivity index (χ3n) is 6.66. The van der Waals surface area contributed by atoms with Gasteiger partial charge in [-0.2, -0.15) is 0 Å². The summed E-state index contributed by atoms with van der Waals surface area (Å²) in [5, 5.41) is 0. The van der Waals surface area contributed by atoms with Gasteiger partial charge in [0.05, 0.1) is 0 Å². The van der Waals surface area contributed by atoms with Crippen molar-refractivity contribution in [2.45, 2.75) is 95.5 Å². The third-order valence-corrected chi connectivity index (χ3v) is 12.0. The molecule has 1 aliphatic carbocycles. The number of rotatable bonds is 5. The second-order valence-electron chi connectivity index (χ2n) is 11.7. The molecule has 0 radical (unpaired) electrons. The summed E-state index contributed by atoms with van der Waals surface area (Å²) >= 11 is -2.51. The Balaban J connectivity index is 2.38. The van der Waals surface area contributed by atoms with Gasteiger partial charge in [-0.3, -0.25) is 0 Å². The molecular formula is C29H39Cl2Zr. The van der Waals surface area contributed by atoms with Crippen LogP contribution in [0, 0.1) is 0 Å². The van der Waals surface area contributed by atoms with Crippen LogP contribution in [0.2, 0.25) is 0 Å². The minimum absolute atomic E-state index is 0.0882. The molecule has 1 aliphatic rings. The molecular weight excluding hydrogens is 510 g/mol. The van der Waals surface area contributed by atoms with Crippen molar-refractivity contribution in [3.63, 3.8) is 0 Å². The Morgan fingerprint density at radius 3 is 1.91 bits per heavy atom. The van der Waals surface area contributed by atoms with Gasteiger partial charge in [-0.25, -0.2) is 0 Å². The van der Waals surface area contributed by atoms with Gasteiger partial charge in [0.2, 0.25) is 0 Å². The molecule has 0 aromatic heterocycles. The van der Waals surface area contributed by atoms with E-state index in [9.17, 15) is 0 Å². The molecule has 0 saturated carbocycles. The van der Waals surface area contributed by atoms with Crippen LogP contribution < -0.4 is 0 Å². The van der Waals surface area contributed by atoms with Crippen molar-refractivity contribution in [3.05, 3.63) is 63.7 Å². The van der Waals surface area contributed by atoms with Crippen molar-refractivity contribution in [1.82, 2.24) is 0 Å². The molecule has 0 bridgehead atoms. The average molecular weight is 550 g/mol. The summed E-state index contributed by atoms with van der Waals surface area (Å²) in [6.07, 6.45) is 4.64. The molecule has 2 aromatic carbocycles. The Morgan fingerprint density at radius 1 is 0.906 bits per heavy atom. The number of allylic oxidation sites excluding steroid dienone is 1.